The summed E-state index contributed by atoms with van der Waals surface area (Å²) < 4.78 is 54.9. The molecule has 156 valence electrons. The van der Waals surface area contributed by atoms with Gasteiger partial charge in [0.1, 0.15) is 18.1 Å². The summed E-state index contributed by atoms with van der Waals surface area (Å²) in [4.78, 5) is 12.3. The third-order valence-corrected chi connectivity index (χ3v) is 4.57. The second kappa shape index (κ2) is 9.17. The molecule has 0 heterocycles. The first-order valence-corrected chi connectivity index (χ1v) is 9.24. The van der Waals surface area contributed by atoms with Gasteiger partial charge in [0.25, 0.3) is 5.91 Å². The van der Waals surface area contributed by atoms with Gasteiger partial charge in [0.05, 0.1) is 17.9 Å². The normalized spacial score (nSPS) is 13.1. The van der Waals surface area contributed by atoms with Gasteiger partial charge in [-0.25, -0.2) is 0 Å². The zero-order valence-corrected chi connectivity index (χ0v) is 16.0. The lowest BCUT2D eigenvalue weighted by Crippen LogP contribution is -2.21. The number of alkyl halides is 3. The Hall–Kier alpha value is -2.74. The average molecular weight is 409 g/mol. The molecule has 0 spiro atoms. The number of aryl methyl sites for hydroxylation is 2. The largest absolute Gasteiger partial charge is 0.489 e. The van der Waals surface area contributed by atoms with Crippen LogP contribution in [0.3, 0.4) is 0 Å². The highest BCUT2D eigenvalue weighted by molar-refractivity contribution is 5.93. The van der Waals surface area contributed by atoms with Crippen LogP contribution in [0.2, 0.25) is 0 Å². The van der Waals surface area contributed by atoms with Crippen molar-refractivity contribution in [3.63, 3.8) is 0 Å². The summed E-state index contributed by atoms with van der Waals surface area (Å²) in [5.41, 5.74) is 1.53. The van der Waals surface area contributed by atoms with Crippen molar-refractivity contribution in [2.24, 2.45) is 0 Å². The number of benzene rings is 2. The summed E-state index contributed by atoms with van der Waals surface area (Å²) in [5, 5.41) is 2.44. The summed E-state index contributed by atoms with van der Waals surface area (Å²) in [7, 11) is 1.48. The Morgan fingerprint density at radius 1 is 1.03 bits per heavy atom. The van der Waals surface area contributed by atoms with Gasteiger partial charge in [0.2, 0.25) is 0 Å². The summed E-state index contributed by atoms with van der Waals surface area (Å²) in [6, 6.07) is 8.59. The van der Waals surface area contributed by atoms with Gasteiger partial charge in [0.15, 0.2) is 6.61 Å². The van der Waals surface area contributed by atoms with Crippen LogP contribution in [0.5, 0.6) is 11.5 Å². The summed E-state index contributed by atoms with van der Waals surface area (Å²) in [5.74, 6) is 0.101. The first-order valence-electron chi connectivity index (χ1n) is 9.24. The van der Waals surface area contributed by atoms with Gasteiger partial charge >= 0.3 is 6.18 Å². The second-order valence-electron chi connectivity index (χ2n) is 6.67. The molecule has 0 aliphatic heterocycles. The average Bonchev–Trinajstić information content (AvgIpc) is 3.14. The number of anilines is 1. The summed E-state index contributed by atoms with van der Waals surface area (Å²) in [6.07, 6.45) is -1.42. The molecule has 1 aliphatic rings. The molecule has 0 bridgehead atoms. The fraction of sp³-hybridized carbons (Fsp3) is 0.381. The number of nitrogens with one attached hydrogen (secondary N) is 1. The fourth-order valence-corrected chi connectivity index (χ4v) is 3.14. The molecular weight excluding hydrogens is 387 g/mol. The number of methoxy groups -OCH3 is 1. The van der Waals surface area contributed by atoms with Crippen molar-refractivity contribution in [3.05, 3.63) is 53.1 Å². The van der Waals surface area contributed by atoms with Crippen molar-refractivity contribution in [1.82, 2.24) is 0 Å². The number of hydrogen-bond donors (Lipinski definition) is 1. The Morgan fingerprint density at radius 3 is 2.59 bits per heavy atom. The highest BCUT2D eigenvalue weighted by atomic mass is 19.4. The lowest BCUT2D eigenvalue weighted by molar-refractivity contribution is -0.137. The Kier molecular flexibility index (Phi) is 6.64. The number of fused-ring (bicyclic) bond motifs is 1. The van der Waals surface area contributed by atoms with Gasteiger partial charge in [-0.15, -0.1) is 0 Å². The number of hydrogen-bond acceptors (Lipinski definition) is 4. The highest BCUT2D eigenvalue weighted by Crippen LogP contribution is 2.35. The molecule has 8 heteroatoms. The van der Waals surface area contributed by atoms with Crippen LogP contribution in [-0.2, 0) is 28.5 Å². The quantitative estimate of drug-likeness (QED) is 0.663. The third-order valence-electron chi connectivity index (χ3n) is 4.57. The van der Waals surface area contributed by atoms with E-state index >= 15 is 0 Å². The minimum absolute atomic E-state index is 0.0709. The fourth-order valence-electron chi connectivity index (χ4n) is 3.14. The molecule has 0 aromatic heterocycles. The first-order chi connectivity index (χ1) is 13.9. The van der Waals surface area contributed by atoms with Gasteiger partial charge in [-0.2, -0.15) is 13.2 Å². The van der Waals surface area contributed by atoms with Crippen molar-refractivity contribution in [2.75, 3.05) is 32.2 Å². The first kappa shape index (κ1) is 21.0. The Labute approximate surface area is 166 Å². The van der Waals surface area contributed by atoms with E-state index in [0.29, 0.717) is 5.75 Å². The molecule has 1 amide bonds. The van der Waals surface area contributed by atoms with Crippen LogP contribution in [0.1, 0.15) is 23.1 Å². The van der Waals surface area contributed by atoms with E-state index in [4.69, 9.17) is 14.2 Å². The van der Waals surface area contributed by atoms with E-state index in [1.165, 1.54) is 24.3 Å². The standard InChI is InChI=1S/C21H22F3NO4/c1-27-9-10-28-19-8-6-16(21(22,23)24)12-18(19)25-20(26)13-29-17-7-5-14-3-2-4-15(14)11-17/h5-8,11-12H,2-4,9-10,13H2,1H3,(H,25,26). The van der Waals surface area contributed by atoms with Crippen LogP contribution in [0, 0.1) is 0 Å². The smallest absolute Gasteiger partial charge is 0.416 e. The summed E-state index contributed by atoms with van der Waals surface area (Å²) in [6.45, 7) is 0.0682. The highest BCUT2D eigenvalue weighted by Gasteiger charge is 2.31. The van der Waals surface area contributed by atoms with Crippen LogP contribution in [0.15, 0.2) is 36.4 Å². The number of amides is 1. The molecule has 1 N–H and O–H groups in total. The topological polar surface area (TPSA) is 56.8 Å². The van der Waals surface area contributed by atoms with E-state index in [0.717, 1.165) is 31.4 Å². The number of halogens is 3. The van der Waals surface area contributed by atoms with Gasteiger partial charge < -0.3 is 19.5 Å². The number of ether oxygens (including phenoxy) is 3. The molecule has 0 radical (unpaired) electrons. The zero-order valence-electron chi connectivity index (χ0n) is 16.0. The Morgan fingerprint density at radius 2 is 1.83 bits per heavy atom. The number of rotatable bonds is 8. The lowest BCUT2D eigenvalue weighted by Gasteiger charge is -2.15. The number of carbonyl (C=O) groups excluding carboxylic acids is 1. The van der Waals surface area contributed by atoms with Crippen LogP contribution >= 0.6 is 0 Å². The summed E-state index contributed by atoms with van der Waals surface area (Å²) >= 11 is 0. The van der Waals surface area contributed by atoms with Crippen molar-refractivity contribution in [3.8, 4) is 11.5 Å². The molecule has 29 heavy (non-hydrogen) atoms. The van der Waals surface area contributed by atoms with Crippen LogP contribution < -0.4 is 14.8 Å². The lowest BCUT2D eigenvalue weighted by atomic mass is 10.1. The monoisotopic (exact) mass is 409 g/mol. The van der Waals surface area contributed by atoms with E-state index in [1.807, 2.05) is 12.1 Å². The van der Waals surface area contributed by atoms with E-state index < -0.39 is 17.6 Å². The van der Waals surface area contributed by atoms with Crippen molar-refractivity contribution in [1.29, 1.82) is 0 Å². The van der Waals surface area contributed by atoms with E-state index in [1.54, 1.807) is 6.07 Å². The minimum Gasteiger partial charge on any atom is -0.489 e. The van der Waals surface area contributed by atoms with Gasteiger partial charge in [-0.05, 0) is 60.7 Å². The molecule has 0 fully saturated rings. The SMILES string of the molecule is COCCOc1ccc(C(F)(F)F)cc1NC(=O)COc1ccc2c(c1)CCC2. The minimum atomic E-state index is -4.54. The Bertz CT molecular complexity index is 867. The van der Waals surface area contributed by atoms with E-state index in [2.05, 4.69) is 5.32 Å². The van der Waals surface area contributed by atoms with Crippen molar-refractivity contribution in [2.45, 2.75) is 25.4 Å². The molecule has 3 rings (SSSR count). The number of carbonyl (C=O) groups is 1. The second-order valence-corrected chi connectivity index (χ2v) is 6.67. The van der Waals surface area contributed by atoms with Crippen LogP contribution in [0.25, 0.3) is 0 Å². The molecule has 0 saturated carbocycles. The molecule has 2 aromatic carbocycles. The molecule has 2 aromatic rings. The maximum absolute atomic E-state index is 13.0. The zero-order chi connectivity index (χ0) is 20.9. The molecule has 0 unspecified atom stereocenters. The molecule has 5 nitrogen and oxygen atoms in total. The molecular formula is C21H22F3NO4. The molecule has 0 atom stereocenters. The predicted molar refractivity (Wildman–Crippen MR) is 101 cm³/mol. The molecule has 1 aliphatic carbocycles. The Balaban J connectivity index is 1.66. The van der Waals surface area contributed by atoms with Crippen LogP contribution in [-0.4, -0.2) is 32.8 Å². The maximum Gasteiger partial charge on any atom is 0.416 e. The molecule has 0 saturated heterocycles. The maximum atomic E-state index is 13.0. The van der Waals surface area contributed by atoms with Crippen LogP contribution in [0.4, 0.5) is 18.9 Å². The van der Waals surface area contributed by atoms with E-state index in [9.17, 15) is 18.0 Å². The van der Waals surface area contributed by atoms with Crippen molar-refractivity contribution >= 4 is 11.6 Å². The predicted octanol–water partition coefficient (Wildman–Crippen LogP) is 4.24. The van der Waals surface area contributed by atoms with Gasteiger partial charge in [-0.3, -0.25) is 4.79 Å². The third kappa shape index (κ3) is 5.63. The van der Waals surface area contributed by atoms with Gasteiger partial charge in [0, 0.05) is 7.11 Å². The van der Waals surface area contributed by atoms with Gasteiger partial charge in [-0.1, -0.05) is 6.07 Å². The van der Waals surface area contributed by atoms with Crippen molar-refractivity contribution < 1.29 is 32.2 Å². The van der Waals surface area contributed by atoms with E-state index in [-0.39, 0.29) is 31.3 Å².